The van der Waals surface area contributed by atoms with Crippen molar-refractivity contribution in [3.8, 4) is 0 Å². The van der Waals surface area contributed by atoms with Gasteiger partial charge in [0, 0.05) is 19.3 Å². The van der Waals surface area contributed by atoms with Gasteiger partial charge in [0.05, 0.1) is 0 Å². The lowest BCUT2D eigenvalue weighted by atomic mass is 10.0. The lowest BCUT2D eigenvalue weighted by Gasteiger charge is -2.18. The van der Waals surface area contributed by atoms with E-state index in [2.05, 4.69) is 57.2 Å². The Labute approximate surface area is 372 Å². The van der Waals surface area contributed by atoms with Gasteiger partial charge in [-0.25, -0.2) is 0 Å². The number of hydrogen-bond acceptors (Lipinski definition) is 6. The molecule has 0 radical (unpaired) electrons. The number of unbranched alkanes of at least 4 members (excludes halogenated alkanes) is 30. The lowest BCUT2D eigenvalue weighted by molar-refractivity contribution is -0.167. The highest BCUT2D eigenvalue weighted by molar-refractivity contribution is 5.71. The van der Waals surface area contributed by atoms with Crippen LogP contribution in [0, 0.1) is 0 Å². The summed E-state index contributed by atoms with van der Waals surface area (Å²) >= 11 is 0. The summed E-state index contributed by atoms with van der Waals surface area (Å²) in [5.74, 6) is -0.884. The summed E-state index contributed by atoms with van der Waals surface area (Å²) in [4.78, 5) is 37.9. The van der Waals surface area contributed by atoms with Crippen molar-refractivity contribution in [3.05, 3.63) is 36.5 Å². The van der Waals surface area contributed by atoms with Gasteiger partial charge >= 0.3 is 17.9 Å². The molecule has 0 amide bonds. The number of rotatable bonds is 47. The first-order valence-corrected chi connectivity index (χ1v) is 26.0. The molecule has 0 aromatic heterocycles. The molecule has 0 spiro atoms. The Bertz CT molecular complexity index is 1020. The molecule has 0 rings (SSSR count). The van der Waals surface area contributed by atoms with Crippen LogP contribution < -0.4 is 0 Å². The van der Waals surface area contributed by atoms with Crippen molar-refractivity contribution < 1.29 is 28.6 Å². The van der Waals surface area contributed by atoms with Crippen molar-refractivity contribution in [2.75, 3.05) is 13.2 Å². The second-order valence-electron chi connectivity index (χ2n) is 17.4. The number of carbonyl (C=O) groups is 3. The van der Waals surface area contributed by atoms with Crippen LogP contribution in [0.5, 0.6) is 0 Å². The Balaban J connectivity index is 4.29. The van der Waals surface area contributed by atoms with E-state index in [4.69, 9.17) is 14.2 Å². The molecule has 0 aromatic carbocycles. The summed E-state index contributed by atoms with van der Waals surface area (Å²) in [7, 11) is 0. The molecule has 0 aliphatic rings. The Kier molecular flexibility index (Phi) is 47.3. The zero-order valence-electron chi connectivity index (χ0n) is 40.0. The fourth-order valence-electron chi connectivity index (χ4n) is 7.52. The molecule has 6 heteroatoms. The van der Waals surface area contributed by atoms with Crippen molar-refractivity contribution >= 4 is 17.9 Å². The number of allylic oxidation sites excluding steroid dienone is 6. The maximum atomic E-state index is 12.8. The maximum absolute atomic E-state index is 12.8. The molecule has 350 valence electrons. The third-order valence-corrected chi connectivity index (χ3v) is 11.4. The van der Waals surface area contributed by atoms with Gasteiger partial charge in [-0.1, -0.05) is 237 Å². The van der Waals surface area contributed by atoms with E-state index in [9.17, 15) is 14.4 Å². The molecule has 60 heavy (non-hydrogen) atoms. The monoisotopic (exact) mass is 843 g/mol. The van der Waals surface area contributed by atoms with Crippen LogP contribution in [-0.2, 0) is 28.6 Å². The third kappa shape index (κ3) is 46.7. The van der Waals surface area contributed by atoms with Crippen LogP contribution in [0.25, 0.3) is 0 Å². The van der Waals surface area contributed by atoms with E-state index in [-0.39, 0.29) is 31.1 Å². The second kappa shape index (κ2) is 49.3. The predicted molar refractivity (Wildman–Crippen MR) is 256 cm³/mol. The SMILES string of the molecule is CC/C=C\C/C=C\C/C=C\CCCCCCCC(=O)O[C@H](COC(=O)CCCCCCCCCCC)COC(=O)CCCCCCCCCCCCCCCCCCCC. The zero-order valence-corrected chi connectivity index (χ0v) is 40.0. The van der Waals surface area contributed by atoms with Gasteiger partial charge in [-0.15, -0.1) is 0 Å². The first-order valence-electron chi connectivity index (χ1n) is 26.0. The smallest absolute Gasteiger partial charge is 0.306 e. The minimum Gasteiger partial charge on any atom is -0.462 e. The van der Waals surface area contributed by atoms with Gasteiger partial charge in [0.25, 0.3) is 0 Å². The van der Waals surface area contributed by atoms with Crippen molar-refractivity contribution in [2.24, 2.45) is 0 Å². The van der Waals surface area contributed by atoms with E-state index in [0.717, 1.165) is 96.3 Å². The lowest BCUT2D eigenvalue weighted by Crippen LogP contribution is -2.30. The average Bonchev–Trinajstić information content (AvgIpc) is 3.24. The van der Waals surface area contributed by atoms with E-state index in [0.29, 0.717) is 19.3 Å². The van der Waals surface area contributed by atoms with Gasteiger partial charge in [0.15, 0.2) is 6.10 Å². The second-order valence-corrected chi connectivity index (χ2v) is 17.4. The van der Waals surface area contributed by atoms with Gasteiger partial charge in [-0.3, -0.25) is 14.4 Å². The van der Waals surface area contributed by atoms with E-state index in [1.807, 2.05) is 0 Å². The topological polar surface area (TPSA) is 78.9 Å². The molecule has 0 heterocycles. The fourth-order valence-corrected chi connectivity index (χ4v) is 7.52. The van der Waals surface area contributed by atoms with Crippen molar-refractivity contribution in [1.82, 2.24) is 0 Å². The molecule has 0 unspecified atom stereocenters. The molecule has 6 nitrogen and oxygen atoms in total. The highest BCUT2D eigenvalue weighted by Gasteiger charge is 2.19. The molecule has 0 fully saturated rings. The van der Waals surface area contributed by atoms with Crippen LogP contribution in [-0.4, -0.2) is 37.2 Å². The van der Waals surface area contributed by atoms with Crippen molar-refractivity contribution in [3.63, 3.8) is 0 Å². The molecule has 0 aromatic rings. The largest absolute Gasteiger partial charge is 0.462 e. The predicted octanol–water partition coefficient (Wildman–Crippen LogP) is 16.9. The quantitative estimate of drug-likeness (QED) is 0.0263. The van der Waals surface area contributed by atoms with Crippen LogP contribution in [0.2, 0.25) is 0 Å². The van der Waals surface area contributed by atoms with Gasteiger partial charge in [0.2, 0.25) is 0 Å². The highest BCUT2D eigenvalue weighted by atomic mass is 16.6. The normalized spacial score (nSPS) is 12.2. The Hall–Kier alpha value is -2.37. The van der Waals surface area contributed by atoms with Gasteiger partial charge in [0.1, 0.15) is 13.2 Å². The highest BCUT2D eigenvalue weighted by Crippen LogP contribution is 2.16. The number of esters is 3. The van der Waals surface area contributed by atoms with Gasteiger partial charge in [-0.05, 0) is 51.4 Å². The minimum absolute atomic E-state index is 0.0753. The number of hydrogen-bond donors (Lipinski definition) is 0. The summed E-state index contributed by atoms with van der Waals surface area (Å²) in [6, 6.07) is 0. The van der Waals surface area contributed by atoms with Crippen molar-refractivity contribution in [2.45, 2.75) is 277 Å². The molecule has 0 aliphatic carbocycles. The molecule has 0 saturated carbocycles. The van der Waals surface area contributed by atoms with Crippen LogP contribution in [0.1, 0.15) is 271 Å². The summed E-state index contributed by atoms with van der Waals surface area (Å²) in [5.41, 5.74) is 0. The van der Waals surface area contributed by atoms with Crippen LogP contribution >= 0.6 is 0 Å². The standard InChI is InChI=1S/C54H98O6/c1-4-7-10-13-16-19-21-23-25-26-27-29-30-32-35-38-41-44-47-53(56)59-50-51(49-58-52(55)46-43-40-37-34-18-15-12-9-6-3)60-54(57)48-45-42-39-36-33-31-28-24-22-20-17-14-11-8-5-2/h8,11,17,20,24,28,51H,4-7,9-10,12-16,18-19,21-23,25-27,29-50H2,1-3H3/b11-8-,20-17-,28-24-/t51-/m1/s1. The molecule has 0 N–H and O–H groups in total. The van der Waals surface area contributed by atoms with Crippen LogP contribution in [0.3, 0.4) is 0 Å². The molecule has 1 atom stereocenters. The minimum atomic E-state index is -0.775. The summed E-state index contributed by atoms with van der Waals surface area (Å²) < 4.78 is 16.8. The van der Waals surface area contributed by atoms with E-state index in [1.165, 1.54) is 135 Å². The third-order valence-electron chi connectivity index (χ3n) is 11.4. The fraction of sp³-hybridized carbons (Fsp3) is 0.833. The Morgan fingerprint density at radius 2 is 0.650 bits per heavy atom. The maximum Gasteiger partial charge on any atom is 0.306 e. The summed E-state index contributed by atoms with van der Waals surface area (Å²) in [5, 5.41) is 0. The molecule has 0 saturated heterocycles. The number of carbonyl (C=O) groups excluding carboxylic acids is 3. The Morgan fingerprint density at radius 1 is 0.350 bits per heavy atom. The van der Waals surface area contributed by atoms with E-state index >= 15 is 0 Å². The average molecular weight is 843 g/mol. The van der Waals surface area contributed by atoms with Gasteiger partial charge < -0.3 is 14.2 Å². The van der Waals surface area contributed by atoms with E-state index < -0.39 is 6.10 Å². The van der Waals surface area contributed by atoms with Crippen molar-refractivity contribution in [1.29, 1.82) is 0 Å². The number of ether oxygens (including phenoxy) is 3. The molecule has 0 bridgehead atoms. The summed E-state index contributed by atoms with van der Waals surface area (Å²) in [6.07, 6.45) is 57.1. The molecule has 0 aliphatic heterocycles. The summed E-state index contributed by atoms with van der Waals surface area (Å²) in [6.45, 7) is 6.52. The van der Waals surface area contributed by atoms with Crippen LogP contribution in [0.15, 0.2) is 36.5 Å². The van der Waals surface area contributed by atoms with E-state index in [1.54, 1.807) is 0 Å². The molecular formula is C54H98O6. The zero-order chi connectivity index (χ0) is 43.7. The Morgan fingerprint density at radius 3 is 1.02 bits per heavy atom. The van der Waals surface area contributed by atoms with Gasteiger partial charge in [-0.2, -0.15) is 0 Å². The van der Waals surface area contributed by atoms with Crippen LogP contribution in [0.4, 0.5) is 0 Å². The molecular weight excluding hydrogens is 745 g/mol. The first kappa shape index (κ1) is 57.6. The first-order chi connectivity index (χ1) is 29.5.